The van der Waals surface area contributed by atoms with Crippen LogP contribution < -0.4 is 10.2 Å². The van der Waals surface area contributed by atoms with E-state index >= 15 is 0 Å². The molecule has 0 saturated carbocycles. The summed E-state index contributed by atoms with van der Waals surface area (Å²) in [5.41, 5.74) is 2.97. The van der Waals surface area contributed by atoms with Crippen molar-refractivity contribution in [1.82, 2.24) is 15.4 Å². The number of aromatic nitrogens is 1. The number of aryl methyl sites for hydroxylation is 2. The van der Waals surface area contributed by atoms with Crippen LogP contribution in [0.25, 0.3) is 0 Å². The van der Waals surface area contributed by atoms with E-state index in [0.29, 0.717) is 19.0 Å². The van der Waals surface area contributed by atoms with Gasteiger partial charge in [0.2, 0.25) is 5.91 Å². The van der Waals surface area contributed by atoms with Gasteiger partial charge in [0.05, 0.1) is 12.1 Å². The molecule has 1 aliphatic heterocycles. The quantitative estimate of drug-likeness (QED) is 0.859. The van der Waals surface area contributed by atoms with Gasteiger partial charge in [0.1, 0.15) is 5.76 Å². The third-order valence-corrected chi connectivity index (χ3v) is 5.17. The molecule has 0 spiro atoms. The van der Waals surface area contributed by atoms with Crippen LogP contribution in [0.3, 0.4) is 0 Å². The molecule has 0 bridgehead atoms. The van der Waals surface area contributed by atoms with Gasteiger partial charge in [-0.25, -0.2) is 0 Å². The topological polar surface area (TPSA) is 61.6 Å². The minimum absolute atomic E-state index is 0.0224. The van der Waals surface area contributed by atoms with Gasteiger partial charge in [-0.15, -0.1) is 0 Å². The van der Waals surface area contributed by atoms with Crippen molar-refractivity contribution in [2.24, 2.45) is 0 Å². The van der Waals surface area contributed by atoms with Gasteiger partial charge in [-0.05, 0) is 32.9 Å². The van der Waals surface area contributed by atoms with Crippen LogP contribution in [-0.4, -0.2) is 54.7 Å². The molecule has 2 aromatic rings. The van der Waals surface area contributed by atoms with Crippen LogP contribution in [0.4, 0.5) is 5.69 Å². The average molecular weight is 356 g/mol. The number of hydrogen-bond donors (Lipinski definition) is 1. The predicted octanol–water partition coefficient (Wildman–Crippen LogP) is 2.16. The lowest BCUT2D eigenvalue weighted by Crippen LogP contribution is -2.52. The molecule has 6 heteroatoms. The summed E-state index contributed by atoms with van der Waals surface area (Å²) < 4.78 is 5.12. The highest BCUT2D eigenvalue weighted by Gasteiger charge is 2.22. The molecule has 1 unspecified atom stereocenters. The highest BCUT2D eigenvalue weighted by atomic mass is 16.5. The van der Waals surface area contributed by atoms with Crippen molar-refractivity contribution in [3.63, 3.8) is 0 Å². The zero-order valence-electron chi connectivity index (χ0n) is 15.9. The average Bonchev–Trinajstić information content (AvgIpc) is 2.99. The van der Waals surface area contributed by atoms with E-state index in [2.05, 4.69) is 51.5 Å². The van der Waals surface area contributed by atoms with Crippen molar-refractivity contribution in [2.75, 3.05) is 37.6 Å². The van der Waals surface area contributed by atoms with Crippen LogP contribution in [0.15, 0.2) is 34.9 Å². The number of carbonyl (C=O) groups excluding carboxylic acids is 1. The minimum atomic E-state index is 0.0224. The molecule has 26 heavy (non-hydrogen) atoms. The third kappa shape index (κ3) is 4.43. The predicted molar refractivity (Wildman–Crippen MR) is 102 cm³/mol. The fourth-order valence-corrected chi connectivity index (χ4v) is 3.43. The Balaban J connectivity index is 1.43. The van der Waals surface area contributed by atoms with Crippen molar-refractivity contribution in [3.05, 3.63) is 47.3 Å². The first-order chi connectivity index (χ1) is 12.5. The van der Waals surface area contributed by atoms with Crippen LogP contribution in [0.2, 0.25) is 0 Å². The highest BCUT2D eigenvalue weighted by Crippen LogP contribution is 2.16. The Kier molecular flexibility index (Phi) is 5.93. The van der Waals surface area contributed by atoms with Crippen molar-refractivity contribution < 1.29 is 9.32 Å². The Morgan fingerprint density at radius 3 is 2.50 bits per heavy atom. The lowest BCUT2D eigenvalue weighted by atomic mass is 10.1. The molecule has 6 nitrogen and oxygen atoms in total. The molecule has 1 aromatic heterocycles. The van der Waals surface area contributed by atoms with Gasteiger partial charge >= 0.3 is 0 Å². The maximum Gasteiger partial charge on any atom is 0.224 e. The van der Waals surface area contributed by atoms with E-state index in [-0.39, 0.29) is 5.91 Å². The van der Waals surface area contributed by atoms with Crippen molar-refractivity contribution in [2.45, 2.75) is 33.2 Å². The molecule has 0 radical (unpaired) electrons. The summed E-state index contributed by atoms with van der Waals surface area (Å²) in [6.45, 7) is 10.6. The van der Waals surface area contributed by atoms with E-state index in [1.807, 2.05) is 19.9 Å². The first kappa shape index (κ1) is 18.5. The second kappa shape index (κ2) is 8.36. The Hall–Kier alpha value is -2.34. The largest absolute Gasteiger partial charge is 0.369 e. The summed E-state index contributed by atoms with van der Waals surface area (Å²) in [5, 5.41) is 6.95. The zero-order valence-corrected chi connectivity index (χ0v) is 15.9. The highest BCUT2D eigenvalue weighted by molar-refractivity contribution is 5.79. The number of para-hydroxylation sites is 1. The van der Waals surface area contributed by atoms with Crippen molar-refractivity contribution in [1.29, 1.82) is 0 Å². The number of amides is 1. The lowest BCUT2D eigenvalue weighted by Gasteiger charge is -2.39. The fraction of sp³-hybridized carbons (Fsp3) is 0.500. The van der Waals surface area contributed by atoms with Crippen LogP contribution in [0, 0.1) is 13.8 Å². The standard InChI is InChI=1S/C20H28N4O2/c1-15(14-21-20(25)13-19-16(2)22-26-17(19)3)23-9-11-24(12-10-23)18-7-5-4-6-8-18/h4-8,15H,9-14H2,1-3H3,(H,21,25). The van der Waals surface area contributed by atoms with Gasteiger partial charge in [0.15, 0.2) is 0 Å². The maximum absolute atomic E-state index is 12.2. The Labute approximate surface area is 155 Å². The number of nitrogens with zero attached hydrogens (tertiary/aromatic N) is 3. The monoisotopic (exact) mass is 356 g/mol. The van der Waals surface area contributed by atoms with Crippen LogP contribution in [0.5, 0.6) is 0 Å². The molecule has 1 saturated heterocycles. The fourth-order valence-electron chi connectivity index (χ4n) is 3.43. The Bertz CT molecular complexity index is 701. The first-order valence-corrected chi connectivity index (χ1v) is 9.27. The van der Waals surface area contributed by atoms with E-state index in [4.69, 9.17) is 4.52 Å². The lowest BCUT2D eigenvalue weighted by molar-refractivity contribution is -0.120. The van der Waals surface area contributed by atoms with E-state index in [9.17, 15) is 4.79 Å². The molecule has 1 fully saturated rings. The second-order valence-corrected chi connectivity index (χ2v) is 6.99. The second-order valence-electron chi connectivity index (χ2n) is 6.99. The summed E-state index contributed by atoms with van der Waals surface area (Å²) in [4.78, 5) is 17.1. The number of nitrogens with one attached hydrogen (secondary N) is 1. The molecule has 0 aliphatic carbocycles. The van der Waals surface area contributed by atoms with Gasteiger partial charge < -0.3 is 14.7 Å². The van der Waals surface area contributed by atoms with E-state index in [1.165, 1.54) is 5.69 Å². The number of anilines is 1. The van der Waals surface area contributed by atoms with E-state index in [1.54, 1.807) is 0 Å². The summed E-state index contributed by atoms with van der Waals surface area (Å²) in [7, 11) is 0. The Morgan fingerprint density at radius 1 is 1.19 bits per heavy atom. The van der Waals surface area contributed by atoms with Gasteiger partial charge in [0.25, 0.3) is 0 Å². The molecule has 1 aromatic carbocycles. The molecule has 1 atom stereocenters. The minimum Gasteiger partial charge on any atom is -0.369 e. The van der Waals surface area contributed by atoms with Crippen LogP contribution in [0.1, 0.15) is 23.9 Å². The van der Waals surface area contributed by atoms with Gasteiger partial charge in [-0.2, -0.15) is 0 Å². The summed E-state index contributed by atoms with van der Waals surface area (Å²) in [6.07, 6.45) is 0.329. The SMILES string of the molecule is Cc1noc(C)c1CC(=O)NCC(C)N1CCN(c2ccccc2)CC1. The molecule has 1 aliphatic rings. The van der Waals surface area contributed by atoms with Gasteiger partial charge in [-0.1, -0.05) is 23.4 Å². The molecule has 3 rings (SSSR count). The van der Waals surface area contributed by atoms with Crippen LogP contribution in [-0.2, 0) is 11.2 Å². The van der Waals surface area contributed by atoms with Crippen LogP contribution >= 0.6 is 0 Å². The molecular weight excluding hydrogens is 328 g/mol. The summed E-state index contributed by atoms with van der Waals surface area (Å²) in [5.74, 6) is 0.747. The number of hydrogen-bond acceptors (Lipinski definition) is 5. The maximum atomic E-state index is 12.2. The molecular formula is C20H28N4O2. The zero-order chi connectivity index (χ0) is 18.5. The first-order valence-electron chi connectivity index (χ1n) is 9.27. The van der Waals surface area contributed by atoms with Gasteiger partial charge in [-0.3, -0.25) is 9.69 Å². The smallest absolute Gasteiger partial charge is 0.224 e. The summed E-state index contributed by atoms with van der Waals surface area (Å²) >= 11 is 0. The molecule has 2 heterocycles. The van der Waals surface area contributed by atoms with Crippen molar-refractivity contribution >= 4 is 11.6 Å². The Morgan fingerprint density at radius 2 is 1.88 bits per heavy atom. The number of carbonyl (C=O) groups is 1. The summed E-state index contributed by atoms with van der Waals surface area (Å²) in [6, 6.07) is 10.9. The molecule has 1 N–H and O–H groups in total. The third-order valence-electron chi connectivity index (χ3n) is 5.17. The number of piperazine rings is 1. The van der Waals surface area contributed by atoms with Gasteiger partial charge in [0, 0.05) is 50.0 Å². The van der Waals surface area contributed by atoms with Crippen molar-refractivity contribution in [3.8, 4) is 0 Å². The van der Waals surface area contributed by atoms with E-state index < -0.39 is 0 Å². The number of rotatable bonds is 6. The van der Waals surface area contributed by atoms with E-state index in [0.717, 1.165) is 43.2 Å². The molecule has 1 amide bonds. The normalized spacial score (nSPS) is 16.5. The number of benzene rings is 1. The molecule has 140 valence electrons.